The van der Waals surface area contributed by atoms with Crippen LogP contribution >= 0.6 is 0 Å². The van der Waals surface area contributed by atoms with Crippen molar-refractivity contribution in [3.05, 3.63) is 47.7 Å². The first-order valence-electron chi connectivity index (χ1n) is 6.35. The van der Waals surface area contributed by atoms with Crippen molar-refractivity contribution >= 4 is 5.91 Å². The average molecular weight is 259 g/mol. The molecule has 2 rings (SSSR count). The molecule has 1 atom stereocenters. The van der Waals surface area contributed by atoms with Gasteiger partial charge in [0.1, 0.15) is 6.04 Å². The van der Waals surface area contributed by atoms with Gasteiger partial charge in [-0.1, -0.05) is 37.3 Å². The molecule has 100 valence electrons. The number of rotatable bonds is 5. The molecule has 0 fully saturated rings. The fourth-order valence-electron chi connectivity index (χ4n) is 1.82. The molecular formula is C14H17N3O2. The summed E-state index contributed by atoms with van der Waals surface area (Å²) in [5, 5.41) is 10.8. The van der Waals surface area contributed by atoms with Crippen LogP contribution in [0.2, 0.25) is 0 Å². The Balaban J connectivity index is 2.26. The lowest BCUT2D eigenvalue weighted by atomic mass is 10.1. The number of carbonyl (C=O) groups is 1. The summed E-state index contributed by atoms with van der Waals surface area (Å²) in [6.45, 7) is 3.69. The maximum absolute atomic E-state index is 11.8. The van der Waals surface area contributed by atoms with Crippen molar-refractivity contribution in [2.24, 2.45) is 0 Å². The Morgan fingerprint density at radius 3 is 2.63 bits per heavy atom. The molecule has 1 aromatic carbocycles. The molecule has 5 heteroatoms. The monoisotopic (exact) mass is 259 g/mol. The second kappa shape index (κ2) is 6.13. The van der Waals surface area contributed by atoms with E-state index in [2.05, 4.69) is 15.5 Å². The Kier molecular flexibility index (Phi) is 4.28. The topological polar surface area (TPSA) is 68.0 Å². The number of carbonyl (C=O) groups excluding carboxylic acids is 1. The van der Waals surface area contributed by atoms with Gasteiger partial charge in [0.05, 0.1) is 0 Å². The fraction of sp³-hybridized carbons (Fsp3) is 0.357. The minimum atomic E-state index is -0.388. The fourth-order valence-corrected chi connectivity index (χ4v) is 1.82. The Morgan fingerprint density at radius 2 is 2.05 bits per heavy atom. The lowest BCUT2D eigenvalue weighted by Crippen LogP contribution is -2.29. The number of amides is 1. The summed E-state index contributed by atoms with van der Waals surface area (Å²) in [7, 11) is 0. The number of benzene rings is 1. The quantitative estimate of drug-likeness (QED) is 0.895. The highest BCUT2D eigenvalue weighted by Crippen LogP contribution is 2.20. The summed E-state index contributed by atoms with van der Waals surface area (Å²) in [5.41, 5.74) is 0.926. The van der Waals surface area contributed by atoms with Gasteiger partial charge in [0.2, 0.25) is 17.7 Å². The predicted octanol–water partition coefficient (Wildman–Crippen LogP) is 2.38. The Morgan fingerprint density at radius 1 is 1.32 bits per heavy atom. The molecule has 19 heavy (non-hydrogen) atoms. The molecule has 1 heterocycles. The van der Waals surface area contributed by atoms with Gasteiger partial charge in [-0.05, 0) is 12.0 Å². The van der Waals surface area contributed by atoms with Crippen LogP contribution in [0.5, 0.6) is 0 Å². The van der Waals surface area contributed by atoms with Crippen LogP contribution in [0.25, 0.3) is 0 Å². The van der Waals surface area contributed by atoms with E-state index in [0.29, 0.717) is 18.2 Å². The molecule has 2 aromatic rings. The van der Waals surface area contributed by atoms with Crippen LogP contribution in [0.3, 0.4) is 0 Å². The highest BCUT2D eigenvalue weighted by atomic mass is 16.4. The molecule has 0 saturated heterocycles. The third kappa shape index (κ3) is 3.40. The largest absolute Gasteiger partial charge is 0.423 e. The summed E-state index contributed by atoms with van der Waals surface area (Å²) in [4.78, 5) is 11.8. The Labute approximate surface area is 112 Å². The van der Waals surface area contributed by atoms with E-state index in [1.54, 1.807) is 6.92 Å². The molecule has 0 aliphatic rings. The molecule has 0 spiro atoms. The molecule has 1 unspecified atom stereocenters. The normalized spacial score (nSPS) is 12.1. The van der Waals surface area contributed by atoms with Crippen molar-refractivity contribution in [2.75, 3.05) is 0 Å². The lowest BCUT2D eigenvalue weighted by molar-refractivity contribution is -0.121. The van der Waals surface area contributed by atoms with E-state index in [9.17, 15) is 4.79 Å². The first-order chi connectivity index (χ1) is 9.20. The van der Waals surface area contributed by atoms with Crippen LogP contribution in [0, 0.1) is 6.92 Å². The highest BCUT2D eigenvalue weighted by molar-refractivity contribution is 5.76. The maximum Gasteiger partial charge on any atom is 0.243 e. The summed E-state index contributed by atoms with van der Waals surface area (Å²) in [6.07, 6.45) is 1.28. The van der Waals surface area contributed by atoms with Gasteiger partial charge in [-0.15, -0.1) is 10.2 Å². The number of hydrogen-bond donors (Lipinski definition) is 1. The zero-order chi connectivity index (χ0) is 13.7. The molecule has 0 radical (unpaired) electrons. The molecule has 5 nitrogen and oxygen atoms in total. The van der Waals surface area contributed by atoms with Crippen molar-refractivity contribution < 1.29 is 9.21 Å². The Hall–Kier alpha value is -2.17. The van der Waals surface area contributed by atoms with Gasteiger partial charge in [-0.25, -0.2) is 0 Å². The van der Waals surface area contributed by atoms with E-state index >= 15 is 0 Å². The van der Waals surface area contributed by atoms with Crippen molar-refractivity contribution in [1.82, 2.24) is 15.5 Å². The van der Waals surface area contributed by atoms with Crippen LogP contribution in [-0.4, -0.2) is 16.1 Å². The van der Waals surface area contributed by atoms with Crippen LogP contribution in [-0.2, 0) is 4.79 Å². The second-order valence-electron chi connectivity index (χ2n) is 4.32. The minimum absolute atomic E-state index is 0.0211. The van der Waals surface area contributed by atoms with E-state index in [0.717, 1.165) is 12.0 Å². The van der Waals surface area contributed by atoms with E-state index in [1.807, 2.05) is 37.3 Å². The van der Waals surface area contributed by atoms with Crippen molar-refractivity contribution in [3.8, 4) is 0 Å². The van der Waals surface area contributed by atoms with Gasteiger partial charge < -0.3 is 9.73 Å². The SMILES string of the molecule is CCCC(=O)NC(c1ccccc1)c1nnc(C)o1. The zero-order valence-corrected chi connectivity index (χ0v) is 11.1. The van der Waals surface area contributed by atoms with Gasteiger partial charge >= 0.3 is 0 Å². The Bertz CT molecular complexity index is 537. The molecule has 0 bridgehead atoms. The summed E-state index contributed by atoms with van der Waals surface area (Å²) in [5.74, 6) is 0.876. The number of hydrogen-bond acceptors (Lipinski definition) is 4. The minimum Gasteiger partial charge on any atom is -0.423 e. The van der Waals surface area contributed by atoms with Crippen LogP contribution < -0.4 is 5.32 Å². The van der Waals surface area contributed by atoms with Gasteiger partial charge in [0, 0.05) is 13.3 Å². The van der Waals surface area contributed by atoms with Gasteiger partial charge in [0.15, 0.2) is 0 Å². The molecule has 1 N–H and O–H groups in total. The molecule has 0 saturated carbocycles. The van der Waals surface area contributed by atoms with E-state index in [4.69, 9.17) is 4.42 Å². The number of aromatic nitrogens is 2. The third-order valence-electron chi connectivity index (χ3n) is 2.70. The van der Waals surface area contributed by atoms with Crippen LogP contribution in [0.15, 0.2) is 34.7 Å². The first-order valence-corrected chi connectivity index (χ1v) is 6.35. The number of aryl methyl sites for hydroxylation is 1. The maximum atomic E-state index is 11.8. The number of nitrogens with zero attached hydrogens (tertiary/aromatic N) is 2. The molecule has 0 aliphatic heterocycles. The molecule has 1 aromatic heterocycles. The van der Waals surface area contributed by atoms with Crippen molar-refractivity contribution in [1.29, 1.82) is 0 Å². The highest BCUT2D eigenvalue weighted by Gasteiger charge is 2.21. The first kappa shape index (κ1) is 13.3. The summed E-state index contributed by atoms with van der Waals surface area (Å²) >= 11 is 0. The second-order valence-corrected chi connectivity index (χ2v) is 4.32. The lowest BCUT2D eigenvalue weighted by Gasteiger charge is -2.15. The predicted molar refractivity (Wildman–Crippen MR) is 70.4 cm³/mol. The van der Waals surface area contributed by atoms with Crippen LogP contribution in [0.1, 0.15) is 43.2 Å². The summed E-state index contributed by atoms with van der Waals surface area (Å²) < 4.78 is 5.44. The van der Waals surface area contributed by atoms with Crippen molar-refractivity contribution in [3.63, 3.8) is 0 Å². The summed E-state index contributed by atoms with van der Waals surface area (Å²) in [6, 6.07) is 9.22. The average Bonchev–Trinajstić information content (AvgIpc) is 2.84. The smallest absolute Gasteiger partial charge is 0.243 e. The van der Waals surface area contributed by atoms with Gasteiger partial charge in [0.25, 0.3) is 0 Å². The van der Waals surface area contributed by atoms with E-state index in [1.165, 1.54) is 0 Å². The van der Waals surface area contributed by atoms with Crippen molar-refractivity contribution in [2.45, 2.75) is 32.7 Å². The van der Waals surface area contributed by atoms with Gasteiger partial charge in [-0.3, -0.25) is 4.79 Å². The van der Waals surface area contributed by atoms with Crippen LogP contribution in [0.4, 0.5) is 0 Å². The number of nitrogens with one attached hydrogen (secondary N) is 1. The molecular weight excluding hydrogens is 242 g/mol. The standard InChI is InChI=1S/C14H17N3O2/c1-3-7-12(18)15-13(11-8-5-4-6-9-11)14-17-16-10(2)19-14/h4-6,8-9,13H,3,7H2,1-2H3,(H,15,18). The third-order valence-corrected chi connectivity index (χ3v) is 2.70. The molecule has 0 aliphatic carbocycles. The van der Waals surface area contributed by atoms with Gasteiger partial charge in [-0.2, -0.15) is 0 Å². The van der Waals surface area contributed by atoms with E-state index < -0.39 is 0 Å². The van der Waals surface area contributed by atoms with E-state index in [-0.39, 0.29) is 11.9 Å². The zero-order valence-electron chi connectivity index (χ0n) is 11.1. The molecule has 1 amide bonds.